The smallest absolute Gasteiger partial charge is 0.193 e. The molecule has 162 valence electrons. The zero-order chi connectivity index (χ0) is 19.4. The molecule has 4 rings (SSSR count). The van der Waals surface area contributed by atoms with Crippen LogP contribution in [0.5, 0.6) is 0 Å². The van der Waals surface area contributed by atoms with E-state index in [0.717, 1.165) is 77.0 Å². The van der Waals surface area contributed by atoms with Gasteiger partial charge in [-0.1, -0.05) is 12.1 Å². The number of halogens is 2. The van der Waals surface area contributed by atoms with Crippen molar-refractivity contribution < 1.29 is 13.9 Å². The van der Waals surface area contributed by atoms with Gasteiger partial charge in [0.15, 0.2) is 5.96 Å². The summed E-state index contributed by atoms with van der Waals surface area (Å²) in [5.74, 6) is 0.737. The third-order valence-electron chi connectivity index (χ3n) is 6.31. The summed E-state index contributed by atoms with van der Waals surface area (Å²) in [6, 6.07) is 7.03. The van der Waals surface area contributed by atoms with Crippen LogP contribution in [0.1, 0.15) is 24.4 Å². The summed E-state index contributed by atoms with van der Waals surface area (Å²) in [4.78, 5) is 9.24. The molecule has 3 aliphatic rings. The zero-order valence-corrected chi connectivity index (χ0v) is 19.4. The highest BCUT2D eigenvalue weighted by Crippen LogP contribution is 2.38. The Bertz CT molecular complexity index is 693. The van der Waals surface area contributed by atoms with E-state index in [2.05, 4.69) is 20.1 Å². The van der Waals surface area contributed by atoms with Gasteiger partial charge in [-0.05, 0) is 30.5 Å². The van der Waals surface area contributed by atoms with E-state index in [4.69, 9.17) is 9.47 Å². The molecule has 0 aromatic heterocycles. The predicted molar refractivity (Wildman–Crippen MR) is 122 cm³/mol. The number of nitrogens with zero attached hydrogens (tertiary/aromatic N) is 3. The standard InChI is InChI=1S/C21H31FN4O2.HI/c1-23-20(26-7-5-21(15-26)6-10-28-16-21)24-14-19(25-8-11-27-12-9-25)17-3-2-4-18(22)13-17;/h2-4,13,19H,5-12,14-16H2,1H3,(H,23,24);1H. The van der Waals surface area contributed by atoms with Gasteiger partial charge in [0.2, 0.25) is 0 Å². The van der Waals surface area contributed by atoms with Gasteiger partial charge in [-0.25, -0.2) is 4.39 Å². The third kappa shape index (κ3) is 5.39. The first kappa shape index (κ1) is 22.7. The number of morpholine rings is 1. The van der Waals surface area contributed by atoms with Crippen LogP contribution in [0.3, 0.4) is 0 Å². The molecule has 1 spiro atoms. The van der Waals surface area contributed by atoms with Crippen LogP contribution in [-0.2, 0) is 9.47 Å². The molecule has 3 saturated heterocycles. The van der Waals surface area contributed by atoms with E-state index in [-0.39, 0.29) is 35.8 Å². The number of hydrogen-bond donors (Lipinski definition) is 1. The lowest BCUT2D eigenvalue weighted by molar-refractivity contribution is 0.0168. The van der Waals surface area contributed by atoms with Crippen molar-refractivity contribution >= 4 is 29.9 Å². The molecule has 3 heterocycles. The van der Waals surface area contributed by atoms with Crippen LogP contribution < -0.4 is 5.32 Å². The molecule has 2 unspecified atom stereocenters. The molecular formula is C21H32FIN4O2. The molecular weight excluding hydrogens is 486 g/mol. The van der Waals surface area contributed by atoms with Crippen molar-refractivity contribution in [1.29, 1.82) is 0 Å². The summed E-state index contributed by atoms with van der Waals surface area (Å²) in [5, 5.41) is 3.56. The molecule has 0 aliphatic carbocycles. The summed E-state index contributed by atoms with van der Waals surface area (Å²) in [7, 11) is 1.84. The third-order valence-corrected chi connectivity index (χ3v) is 6.31. The molecule has 0 radical (unpaired) electrons. The molecule has 1 aromatic rings. The topological polar surface area (TPSA) is 49.3 Å². The van der Waals surface area contributed by atoms with Gasteiger partial charge in [0.25, 0.3) is 0 Å². The van der Waals surface area contributed by atoms with Crippen LogP contribution in [0, 0.1) is 11.2 Å². The van der Waals surface area contributed by atoms with E-state index in [9.17, 15) is 4.39 Å². The van der Waals surface area contributed by atoms with Crippen LogP contribution in [0.25, 0.3) is 0 Å². The van der Waals surface area contributed by atoms with Crippen LogP contribution in [0.15, 0.2) is 29.3 Å². The summed E-state index contributed by atoms with van der Waals surface area (Å²) < 4.78 is 25.0. The minimum Gasteiger partial charge on any atom is -0.381 e. The Labute approximate surface area is 189 Å². The van der Waals surface area contributed by atoms with Crippen molar-refractivity contribution in [2.24, 2.45) is 10.4 Å². The molecule has 0 amide bonds. The molecule has 2 atom stereocenters. The Kier molecular flexibility index (Phi) is 8.12. The SMILES string of the molecule is CN=C(NCC(c1cccc(F)c1)N1CCOCC1)N1CCC2(CCOC2)C1.I. The second-order valence-electron chi connectivity index (χ2n) is 8.12. The van der Waals surface area contributed by atoms with Crippen molar-refractivity contribution in [3.05, 3.63) is 35.6 Å². The molecule has 3 fully saturated rings. The first-order chi connectivity index (χ1) is 13.7. The number of ether oxygens (including phenoxy) is 2. The lowest BCUT2D eigenvalue weighted by Gasteiger charge is -2.36. The highest BCUT2D eigenvalue weighted by atomic mass is 127. The number of benzene rings is 1. The van der Waals surface area contributed by atoms with Crippen LogP contribution >= 0.6 is 24.0 Å². The van der Waals surface area contributed by atoms with E-state index in [1.807, 2.05) is 13.1 Å². The molecule has 29 heavy (non-hydrogen) atoms. The maximum absolute atomic E-state index is 13.9. The normalized spacial score (nSPS) is 26.6. The zero-order valence-electron chi connectivity index (χ0n) is 17.1. The summed E-state index contributed by atoms with van der Waals surface area (Å²) in [6.07, 6.45) is 2.30. The van der Waals surface area contributed by atoms with E-state index in [1.54, 1.807) is 12.1 Å². The van der Waals surface area contributed by atoms with Gasteiger partial charge >= 0.3 is 0 Å². The van der Waals surface area contributed by atoms with Crippen LogP contribution in [-0.4, -0.2) is 82.0 Å². The van der Waals surface area contributed by atoms with Crippen molar-refractivity contribution in [2.45, 2.75) is 18.9 Å². The average Bonchev–Trinajstić information content (AvgIpc) is 3.36. The Hall–Kier alpha value is -0.970. The number of guanidine groups is 1. The Balaban J connectivity index is 0.00000240. The van der Waals surface area contributed by atoms with Crippen molar-refractivity contribution in [1.82, 2.24) is 15.1 Å². The largest absolute Gasteiger partial charge is 0.381 e. The van der Waals surface area contributed by atoms with Gasteiger partial charge in [-0.3, -0.25) is 9.89 Å². The lowest BCUT2D eigenvalue weighted by Crippen LogP contribution is -2.47. The van der Waals surface area contributed by atoms with Crippen LogP contribution in [0.4, 0.5) is 4.39 Å². The fourth-order valence-electron chi connectivity index (χ4n) is 4.67. The fraction of sp³-hybridized carbons (Fsp3) is 0.667. The molecule has 1 N–H and O–H groups in total. The Morgan fingerprint density at radius 2 is 2.03 bits per heavy atom. The minimum atomic E-state index is -0.192. The van der Waals surface area contributed by atoms with Gasteiger partial charge < -0.3 is 19.7 Å². The highest BCUT2D eigenvalue weighted by molar-refractivity contribution is 14.0. The molecule has 3 aliphatic heterocycles. The number of rotatable bonds is 4. The highest BCUT2D eigenvalue weighted by Gasteiger charge is 2.42. The van der Waals surface area contributed by atoms with Gasteiger partial charge in [-0.15, -0.1) is 24.0 Å². The maximum Gasteiger partial charge on any atom is 0.193 e. The molecule has 0 bridgehead atoms. The quantitative estimate of drug-likeness (QED) is 0.377. The number of likely N-dealkylation sites (tertiary alicyclic amines) is 1. The minimum absolute atomic E-state index is 0. The van der Waals surface area contributed by atoms with Gasteiger partial charge in [0.1, 0.15) is 5.82 Å². The maximum atomic E-state index is 13.9. The number of hydrogen-bond acceptors (Lipinski definition) is 4. The Morgan fingerprint density at radius 1 is 1.21 bits per heavy atom. The van der Waals surface area contributed by atoms with Gasteiger partial charge in [0.05, 0.1) is 25.9 Å². The first-order valence-electron chi connectivity index (χ1n) is 10.3. The van der Waals surface area contributed by atoms with E-state index in [0.29, 0.717) is 12.0 Å². The molecule has 1 aromatic carbocycles. The Morgan fingerprint density at radius 3 is 2.72 bits per heavy atom. The summed E-state index contributed by atoms with van der Waals surface area (Å²) in [5.41, 5.74) is 1.29. The second-order valence-corrected chi connectivity index (χ2v) is 8.12. The van der Waals surface area contributed by atoms with Crippen LogP contribution in [0.2, 0.25) is 0 Å². The second kappa shape index (κ2) is 10.4. The van der Waals surface area contributed by atoms with E-state index >= 15 is 0 Å². The lowest BCUT2D eigenvalue weighted by atomic mass is 9.87. The van der Waals surface area contributed by atoms with E-state index < -0.39 is 0 Å². The van der Waals surface area contributed by atoms with Crippen molar-refractivity contribution in [3.8, 4) is 0 Å². The fourth-order valence-corrected chi connectivity index (χ4v) is 4.67. The summed E-state index contributed by atoms with van der Waals surface area (Å²) >= 11 is 0. The monoisotopic (exact) mass is 518 g/mol. The van der Waals surface area contributed by atoms with Crippen molar-refractivity contribution in [2.75, 3.05) is 66.2 Å². The molecule has 6 nitrogen and oxygen atoms in total. The van der Waals surface area contributed by atoms with E-state index in [1.165, 1.54) is 6.07 Å². The van der Waals surface area contributed by atoms with Crippen molar-refractivity contribution in [3.63, 3.8) is 0 Å². The van der Waals surface area contributed by atoms with Gasteiger partial charge in [-0.2, -0.15) is 0 Å². The first-order valence-corrected chi connectivity index (χ1v) is 10.3. The molecule has 8 heteroatoms. The average molecular weight is 518 g/mol. The predicted octanol–water partition coefficient (Wildman–Crippen LogP) is 2.50. The number of aliphatic imine (C=N–C) groups is 1. The summed E-state index contributed by atoms with van der Waals surface area (Å²) in [6.45, 7) is 7.57. The van der Waals surface area contributed by atoms with Gasteiger partial charge in [0, 0.05) is 51.8 Å². The molecule has 0 saturated carbocycles. The number of nitrogens with one attached hydrogen (secondary N) is 1.